The van der Waals surface area contributed by atoms with Gasteiger partial charge in [0.05, 0.1) is 6.61 Å². The summed E-state index contributed by atoms with van der Waals surface area (Å²) in [5.74, 6) is 0.0958. The summed E-state index contributed by atoms with van der Waals surface area (Å²) in [4.78, 5) is 30.9. The van der Waals surface area contributed by atoms with Gasteiger partial charge in [-0.05, 0) is 63.0 Å². The van der Waals surface area contributed by atoms with Gasteiger partial charge in [0.15, 0.2) is 0 Å². The van der Waals surface area contributed by atoms with E-state index in [0.29, 0.717) is 18.0 Å². The lowest BCUT2D eigenvalue weighted by atomic mass is 9.77. The number of carbonyl (C=O) groups is 1. The fourth-order valence-corrected chi connectivity index (χ4v) is 5.20. The maximum Gasteiger partial charge on any atom is 0.261 e. The second-order valence-corrected chi connectivity index (χ2v) is 9.06. The molecule has 6 nitrogen and oxygen atoms in total. The molecule has 0 aliphatic carbocycles. The number of H-pyrrole nitrogens is 1. The Morgan fingerprint density at radius 1 is 1.23 bits per heavy atom. The molecule has 2 saturated heterocycles. The monoisotopic (exact) mass is 433 g/mol. The van der Waals surface area contributed by atoms with E-state index in [-0.39, 0.29) is 35.0 Å². The molecule has 2 fully saturated rings. The zero-order valence-electron chi connectivity index (χ0n) is 17.9. The van der Waals surface area contributed by atoms with Crippen LogP contribution in [0, 0.1) is 5.92 Å². The molecule has 1 aromatic carbocycles. The van der Waals surface area contributed by atoms with Crippen LogP contribution < -0.4 is 10.9 Å². The van der Waals surface area contributed by atoms with Gasteiger partial charge in [0.2, 0.25) is 0 Å². The largest absolute Gasteiger partial charge is 0.383 e. The minimum Gasteiger partial charge on any atom is -0.383 e. The lowest BCUT2D eigenvalue weighted by molar-refractivity contribution is 0.0421. The predicted octanol–water partition coefficient (Wildman–Crippen LogP) is 3.35. The van der Waals surface area contributed by atoms with Crippen LogP contribution in [0.2, 0.25) is 0 Å². The third kappa shape index (κ3) is 4.41. The number of nitrogens with one attached hydrogen (secondary N) is 2. The van der Waals surface area contributed by atoms with Gasteiger partial charge < -0.3 is 15.0 Å². The SMILES string of the molecule is COCCN1C2CCC1CC(C(C)(C)NC(=O)c1cc3ccccc3[nH]c1=O)C2.Cl. The molecule has 1 amide bonds. The van der Waals surface area contributed by atoms with Crippen molar-refractivity contribution in [2.75, 3.05) is 20.3 Å². The number of methoxy groups -OCH3 is 1. The maximum atomic E-state index is 13.0. The quantitative estimate of drug-likeness (QED) is 0.732. The fraction of sp³-hybridized carbons (Fsp3) is 0.565. The third-order valence-electron chi connectivity index (χ3n) is 6.89. The van der Waals surface area contributed by atoms with Gasteiger partial charge >= 0.3 is 0 Å². The minimum atomic E-state index is -0.372. The van der Waals surface area contributed by atoms with Crippen molar-refractivity contribution in [3.05, 3.63) is 46.2 Å². The van der Waals surface area contributed by atoms with Gasteiger partial charge in [-0.25, -0.2) is 0 Å². The number of piperidine rings is 1. The zero-order valence-corrected chi connectivity index (χ0v) is 18.8. The molecule has 2 aliphatic heterocycles. The van der Waals surface area contributed by atoms with E-state index in [2.05, 4.69) is 29.0 Å². The van der Waals surface area contributed by atoms with Crippen LogP contribution >= 0.6 is 12.4 Å². The Morgan fingerprint density at radius 3 is 2.57 bits per heavy atom. The van der Waals surface area contributed by atoms with Crippen LogP contribution in [0.1, 0.15) is 49.9 Å². The van der Waals surface area contributed by atoms with Gasteiger partial charge in [-0.15, -0.1) is 12.4 Å². The number of amides is 1. The van der Waals surface area contributed by atoms with Crippen molar-refractivity contribution in [2.45, 2.75) is 57.2 Å². The standard InChI is InChI=1S/C23H31N3O3.ClH/c1-23(2,16-13-17-8-9-18(14-16)26(17)10-11-29-3)25-22(28)19-12-15-6-4-5-7-20(15)24-21(19)27;/h4-7,12,16-18H,8-11,13-14H2,1-3H3,(H,24,27)(H,25,28);1H. The number of hydrogen-bond acceptors (Lipinski definition) is 4. The highest BCUT2D eigenvalue weighted by Crippen LogP contribution is 2.42. The topological polar surface area (TPSA) is 74.4 Å². The molecular formula is C23H32ClN3O3. The molecule has 0 spiro atoms. The van der Waals surface area contributed by atoms with Gasteiger partial charge in [-0.2, -0.15) is 0 Å². The summed E-state index contributed by atoms with van der Waals surface area (Å²) in [5, 5.41) is 4.03. The van der Waals surface area contributed by atoms with Gasteiger partial charge in [0.1, 0.15) is 5.56 Å². The zero-order chi connectivity index (χ0) is 20.6. The van der Waals surface area contributed by atoms with Crippen molar-refractivity contribution in [2.24, 2.45) is 5.92 Å². The van der Waals surface area contributed by atoms with Crippen molar-refractivity contribution in [1.29, 1.82) is 0 Å². The van der Waals surface area contributed by atoms with Crippen molar-refractivity contribution < 1.29 is 9.53 Å². The number of aromatic nitrogens is 1. The maximum absolute atomic E-state index is 13.0. The molecule has 0 saturated carbocycles. The highest BCUT2D eigenvalue weighted by atomic mass is 35.5. The average molecular weight is 434 g/mol. The summed E-state index contributed by atoms with van der Waals surface area (Å²) < 4.78 is 5.28. The Hall–Kier alpha value is -1.89. The first kappa shape index (κ1) is 22.8. The number of carbonyl (C=O) groups excluding carboxylic acids is 1. The Balaban J connectivity index is 0.00000256. The normalized spacial score (nSPS) is 23.9. The Labute approximate surface area is 183 Å². The number of halogens is 1. The van der Waals surface area contributed by atoms with Crippen LogP contribution in [-0.2, 0) is 4.74 Å². The molecule has 2 N–H and O–H groups in total. The summed E-state index contributed by atoms with van der Waals surface area (Å²) in [6.07, 6.45) is 4.58. The van der Waals surface area contributed by atoms with Crippen LogP contribution in [0.4, 0.5) is 0 Å². The second kappa shape index (κ2) is 9.08. The van der Waals surface area contributed by atoms with E-state index in [1.54, 1.807) is 13.2 Å². The van der Waals surface area contributed by atoms with Gasteiger partial charge in [-0.3, -0.25) is 14.5 Å². The lowest BCUT2D eigenvalue weighted by Gasteiger charge is -2.45. The first-order valence-corrected chi connectivity index (χ1v) is 10.6. The van der Waals surface area contributed by atoms with Crippen LogP contribution in [0.25, 0.3) is 10.9 Å². The summed E-state index contributed by atoms with van der Waals surface area (Å²) in [6, 6.07) is 10.3. The van der Waals surface area contributed by atoms with E-state index < -0.39 is 0 Å². The average Bonchev–Trinajstić information content (AvgIpc) is 2.91. The number of aromatic amines is 1. The number of ether oxygens (including phenoxy) is 1. The number of pyridine rings is 1. The van der Waals surface area contributed by atoms with Crippen LogP contribution in [0.5, 0.6) is 0 Å². The smallest absolute Gasteiger partial charge is 0.261 e. The van der Waals surface area contributed by atoms with Gasteiger partial charge in [-0.1, -0.05) is 18.2 Å². The highest BCUT2D eigenvalue weighted by molar-refractivity contribution is 5.97. The van der Waals surface area contributed by atoms with Crippen molar-refractivity contribution in [1.82, 2.24) is 15.2 Å². The molecule has 4 rings (SSSR count). The molecule has 3 heterocycles. The molecule has 1 aromatic heterocycles. The molecule has 2 aliphatic rings. The van der Waals surface area contributed by atoms with Crippen molar-refractivity contribution in [3.8, 4) is 0 Å². The molecule has 0 radical (unpaired) electrons. The highest BCUT2D eigenvalue weighted by Gasteiger charge is 2.45. The van der Waals surface area contributed by atoms with Crippen molar-refractivity contribution >= 4 is 29.2 Å². The van der Waals surface area contributed by atoms with E-state index >= 15 is 0 Å². The molecule has 2 bridgehead atoms. The summed E-state index contributed by atoms with van der Waals surface area (Å²) in [6.45, 7) is 5.93. The molecule has 164 valence electrons. The lowest BCUT2D eigenvalue weighted by Crippen LogP contribution is -2.55. The van der Waals surface area contributed by atoms with E-state index in [0.717, 1.165) is 36.9 Å². The number of hydrogen-bond donors (Lipinski definition) is 2. The number of para-hydroxylation sites is 1. The first-order valence-electron chi connectivity index (χ1n) is 10.6. The first-order chi connectivity index (χ1) is 13.9. The van der Waals surface area contributed by atoms with E-state index in [1.807, 2.05) is 24.3 Å². The molecule has 30 heavy (non-hydrogen) atoms. The third-order valence-corrected chi connectivity index (χ3v) is 6.89. The van der Waals surface area contributed by atoms with E-state index in [1.165, 1.54) is 12.8 Å². The van der Waals surface area contributed by atoms with Gasteiger partial charge in [0.25, 0.3) is 11.5 Å². The summed E-state index contributed by atoms with van der Waals surface area (Å²) in [7, 11) is 1.75. The second-order valence-electron chi connectivity index (χ2n) is 9.06. The Bertz CT molecular complexity index is 944. The minimum absolute atomic E-state index is 0. The van der Waals surface area contributed by atoms with E-state index in [9.17, 15) is 9.59 Å². The molecule has 2 aromatic rings. The molecule has 7 heteroatoms. The van der Waals surface area contributed by atoms with Crippen LogP contribution in [0.15, 0.2) is 35.1 Å². The molecule has 2 unspecified atom stereocenters. The summed E-state index contributed by atoms with van der Waals surface area (Å²) >= 11 is 0. The molecule has 2 atom stereocenters. The van der Waals surface area contributed by atoms with Crippen molar-refractivity contribution in [3.63, 3.8) is 0 Å². The number of nitrogens with zero attached hydrogens (tertiary/aromatic N) is 1. The fourth-order valence-electron chi connectivity index (χ4n) is 5.20. The van der Waals surface area contributed by atoms with Crippen LogP contribution in [-0.4, -0.2) is 53.7 Å². The number of fused-ring (bicyclic) bond motifs is 3. The van der Waals surface area contributed by atoms with Gasteiger partial charge in [0, 0.05) is 36.8 Å². The molecular weight excluding hydrogens is 402 g/mol. The van der Waals surface area contributed by atoms with E-state index in [4.69, 9.17) is 4.74 Å². The Kier molecular flexibility index (Phi) is 6.90. The summed E-state index contributed by atoms with van der Waals surface area (Å²) in [5.41, 5.74) is 0.209. The number of rotatable bonds is 6. The number of benzene rings is 1. The predicted molar refractivity (Wildman–Crippen MR) is 121 cm³/mol. The van der Waals surface area contributed by atoms with Crippen LogP contribution in [0.3, 0.4) is 0 Å². The Morgan fingerprint density at radius 2 is 1.90 bits per heavy atom.